The number of nitrogens with one attached hydrogen (secondary N) is 1. The highest BCUT2D eigenvalue weighted by Crippen LogP contribution is 2.26. The zero-order valence-corrected chi connectivity index (χ0v) is 16.7. The third-order valence-electron chi connectivity index (χ3n) is 4.77. The van der Waals surface area contributed by atoms with E-state index < -0.39 is 5.91 Å². The van der Waals surface area contributed by atoms with Gasteiger partial charge in [-0.2, -0.15) is 5.10 Å². The predicted octanol–water partition coefficient (Wildman–Crippen LogP) is 4.34. The number of benzene rings is 3. The molecule has 4 rings (SSSR count). The van der Waals surface area contributed by atoms with Crippen LogP contribution in [0.25, 0.3) is 16.9 Å². The fraction of sp³-hybridized carbons (Fsp3) is 0.0417. The van der Waals surface area contributed by atoms with E-state index in [1.165, 1.54) is 12.1 Å². The van der Waals surface area contributed by atoms with E-state index in [0.29, 0.717) is 28.2 Å². The SMILES string of the molecule is Cc1cccc(-c2nn(-c3ccc(F)cc3)cc2C(=O)Nc2ccc(C(N)=O)cc2)c1. The van der Waals surface area contributed by atoms with Gasteiger partial charge in [0.1, 0.15) is 11.5 Å². The molecule has 0 aliphatic carbocycles. The molecule has 154 valence electrons. The van der Waals surface area contributed by atoms with Gasteiger partial charge in [0.25, 0.3) is 5.91 Å². The van der Waals surface area contributed by atoms with E-state index >= 15 is 0 Å². The molecule has 0 saturated heterocycles. The van der Waals surface area contributed by atoms with E-state index in [9.17, 15) is 14.0 Å². The molecule has 0 aliphatic rings. The molecule has 0 spiro atoms. The highest BCUT2D eigenvalue weighted by molar-refractivity contribution is 6.08. The van der Waals surface area contributed by atoms with Crippen molar-refractivity contribution in [3.8, 4) is 16.9 Å². The standard InChI is InChI=1S/C24H19FN4O2/c1-15-3-2-4-17(13-15)22-21(14-29(28-22)20-11-7-18(25)8-12-20)24(31)27-19-9-5-16(6-10-19)23(26)30/h2-14H,1H3,(H2,26,30)(H,27,31). The van der Waals surface area contributed by atoms with Crippen LogP contribution in [0.2, 0.25) is 0 Å². The van der Waals surface area contributed by atoms with E-state index in [-0.39, 0.29) is 11.7 Å². The van der Waals surface area contributed by atoms with E-state index in [4.69, 9.17) is 5.73 Å². The van der Waals surface area contributed by atoms with Gasteiger partial charge in [-0.15, -0.1) is 0 Å². The Bertz CT molecular complexity index is 1260. The normalized spacial score (nSPS) is 10.6. The molecule has 4 aromatic rings. The average molecular weight is 414 g/mol. The third-order valence-corrected chi connectivity index (χ3v) is 4.77. The number of carbonyl (C=O) groups excluding carboxylic acids is 2. The van der Waals surface area contributed by atoms with Crippen LogP contribution in [0.5, 0.6) is 0 Å². The van der Waals surface area contributed by atoms with Crippen LogP contribution in [-0.4, -0.2) is 21.6 Å². The van der Waals surface area contributed by atoms with Crippen molar-refractivity contribution in [3.63, 3.8) is 0 Å². The van der Waals surface area contributed by atoms with Gasteiger partial charge in [-0.1, -0.05) is 23.8 Å². The van der Waals surface area contributed by atoms with Gasteiger partial charge in [-0.25, -0.2) is 9.07 Å². The van der Waals surface area contributed by atoms with Crippen molar-refractivity contribution in [3.05, 3.63) is 102 Å². The minimum absolute atomic E-state index is 0.350. The summed E-state index contributed by atoms with van der Waals surface area (Å²) in [7, 11) is 0. The van der Waals surface area contributed by atoms with Crippen LogP contribution in [0, 0.1) is 12.7 Å². The Hall–Kier alpha value is -4.26. The number of hydrogen-bond acceptors (Lipinski definition) is 3. The number of hydrogen-bond donors (Lipinski definition) is 2. The summed E-state index contributed by atoms with van der Waals surface area (Å²) in [5, 5.41) is 7.41. The molecule has 0 fully saturated rings. The highest BCUT2D eigenvalue weighted by Gasteiger charge is 2.19. The first-order valence-corrected chi connectivity index (χ1v) is 9.54. The van der Waals surface area contributed by atoms with E-state index in [0.717, 1.165) is 11.1 Å². The number of nitrogens with zero attached hydrogens (tertiary/aromatic N) is 2. The molecule has 6 nitrogen and oxygen atoms in total. The largest absolute Gasteiger partial charge is 0.366 e. The summed E-state index contributed by atoms with van der Waals surface area (Å²) >= 11 is 0. The molecule has 0 aliphatic heterocycles. The van der Waals surface area contributed by atoms with Gasteiger partial charge in [-0.3, -0.25) is 9.59 Å². The number of halogens is 1. The van der Waals surface area contributed by atoms with Crippen molar-refractivity contribution in [1.29, 1.82) is 0 Å². The van der Waals surface area contributed by atoms with E-state index in [1.807, 2.05) is 31.2 Å². The highest BCUT2D eigenvalue weighted by atomic mass is 19.1. The van der Waals surface area contributed by atoms with Crippen molar-refractivity contribution in [2.45, 2.75) is 6.92 Å². The number of anilines is 1. The Kier molecular flexibility index (Phi) is 5.32. The summed E-state index contributed by atoms with van der Waals surface area (Å²) in [6.07, 6.45) is 1.61. The van der Waals surface area contributed by atoms with Crippen LogP contribution >= 0.6 is 0 Å². The smallest absolute Gasteiger partial charge is 0.259 e. The molecule has 0 atom stereocenters. The molecule has 1 heterocycles. The molecule has 0 saturated carbocycles. The zero-order valence-electron chi connectivity index (χ0n) is 16.7. The van der Waals surface area contributed by atoms with Gasteiger partial charge in [0, 0.05) is 23.0 Å². The maximum Gasteiger partial charge on any atom is 0.259 e. The topological polar surface area (TPSA) is 90.0 Å². The first kappa shape index (κ1) is 20.0. The Morgan fingerprint density at radius 1 is 1.00 bits per heavy atom. The molecule has 1 aromatic heterocycles. The molecule has 7 heteroatoms. The maximum atomic E-state index is 13.3. The average Bonchev–Trinajstić information content (AvgIpc) is 3.20. The second-order valence-corrected chi connectivity index (χ2v) is 7.08. The second-order valence-electron chi connectivity index (χ2n) is 7.08. The lowest BCUT2D eigenvalue weighted by atomic mass is 10.1. The number of primary amides is 1. The minimum Gasteiger partial charge on any atom is -0.366 e. The minimum atomic E-state index is -0.541. The Labute approximate surface area is 178 Å². The van der Waals surface area contributed by atoms with E-state index in [1.54, 1.807) is 47.3 Å². The predicted molar refractivity (Wildman–Crippen MR) is 117 cm³/mol. The van der Waals surface area contributed by atoms with Gasteiger partial charge in [0.15, 0.2) is 0 Å². The van der Waals surface area contributed by atoms with E-state index in [2.05, 4.69) is 10.4 Å². The monoisotopic (exact) mass is 414 g/mol. The molecule has 2 amide bonds. The molecule has 0 unspecified atom stereocenters. The van der Waals surface area contributed by atoms with Crippen LogP contribution in [-0.2, 0) is 0 Å². The Morgan fingerprint density at radius 2 is 1.71 bits per heavy atom. The molecule has 0 radical (unpaired) electrons. The number of aromatic nitrogens is 2. The van der Waals surface area contributed by atoms with Crippen LogP contribution in [0.4, 0.5) is 10.1 Å². The Balaban J connectivity index is 1.73. The molecular formula is C24H19FN4O2. The summed E-state index contributed by atoms with van der Waals surface area (Å²) in [6.45, 7) is 1.96. The summed E-state index contributed by atoms with van der Waals surface area (Å²) < 4.78 is 14.9. The lowest BCUT2D eigenvalue weighted by Gasteiger charge is -2.06. The zero-order chi connectivity index (χ0) is 22.0. The Morgan fingerprint density at radius 3 is 2.35 bits per heavy atom. The number of amides is 2. The number of carbonyl (C=O) groups is 2. The molecule has 3 aromatic carbocycles. The fourth-order valence-corrected chi connectivity index (χ4v) is 3.19. The summed E-state index contributed by atoms with van der Waals surface area (Å²) in [4.78, 5) is 24.3. The first-order valence-electron chi connectivity index (χ1n) is 9.54. The van der Waals surface area contributed by atoms with Crippen LogP contribution in [0.15, 0.2) is 79.0 Å². The van der Waals surface area contributed by atoms with Crippen LogP contribution < -0.4 is 11.1 Å². The molecule has 31 heavy (non-hydrogen) atoms. The van der Waals surface area contributed by atoms with Crippen LogP contribution in [0.1, 0.15) is 26.3 Å². The van der Waals surface area contributed by atoms with Crippen molar-refractivity contribution in [2.24, 2.45) is 5.73 Å². The third kappa shape index (κ3) is 4.35. The summed E-state index contributed by atoms with van der Waals surface area (Å²) in [5.74, 6) is -1.26. The first-order chi connectivity index (χ1) is 14.9. The second kappa shape index (κ2) is 8.23. The van der Waals surface area contributed by atoms with Gasteiger partial charge in [-0.05, 0) is 61.5 Å². The van der Waals surface area contributed by atoms with Crippen molar-refractivity contribution in [1.82, 2.24) is 9.78 Å². The van der Waals surface area contributed by atoms with Gasteiger partial charge in [0.2, 0.25) is 5.91 Å². The fourth-order valence-electron chi connectivity index (χ4n) is 3.19. The number of nitrogens with two attached hydrogens (primary N) is 1. The maximum absolute atomic E-state index is 13.3. The summed E-state index contributed by atoms with van der Waals surface area (Å²) in [5.41, 5.74) is 9.42. The van der Waals surface area contributed by atoms with Gasteiger partial charge in [0.05, 0.1) is 11.3 Å². The summed E-state index contributed by atoms with van der Waals surface area (Å²) in [6, 6.07) is 19.8. The van der Waals surface area contributed by atoms with Crippen molar-refractivity contribution < 1.29 is 14.0 Å². The number of rotatable bonds is 5. The molecular weight excluding hydrogens is 395 g/mol. The van der Waals surface area contributed by atoms with Crippen molar-refractivity contribution >= 4 is 17.5 Å². The number of aryl methyl sites for hydroxylation is 1. The lowest BCUT2D eigenvalue weighted by molar-refractivity contribution is 0.0998. The van der Waals surface area contributed by atoms with Crippen LogP contribution in [0.3, 0.4) is 0 Å². The molecule has 3 N–H and O–H groups in total. The van der Waals surface area contributed by atoms with Crippen molar-refractivity contribution in [2.75, 3.05) is 5.32 Å². The van der Waals surface area contributed by atoms with Gasteiger partial charge < -0.3 is 11.1 Å². The molecule has 0 bridgehead atoms. The quantitative estimate of drug-likeness (QED) is 0.509. The lowest BCUT2D eigenvalue weighted by Crippen LogP contribution is -2.13. The van der Waals surface area contributed by atoms with Gasteiger partial charge >= 0.3 is 0 Å².